The Morgan fingerprint density at radius 2 is 1.71 bits per heavy atom. The fourth-order valence-electron chi connectivity index (χ4n) is 1.57. The number of nitrogens with one attached hydrogen (secondary N) is 1. The summed E-state index contributed by atoms with van der Waals surface area (Å²) in [7, 11) is -3.62. The van der Waals surface area contributed by atoms with Gasteiger partial charge >= 0.3 is 6.01 Å². The minimum absolute atomic E-state index is 0.188. The van der Waals surface area contributed by atoms with Gasteiger partial charge in [0.1, 0.15) is 11.5 Å². The highest BCUT2D eigenvalue weighted by Gasteiger charge is 2.18. The molecule has 1 unspecified atom stereocenters. The van der Waals surface area contributed by atoms with Crippen molar-refractivity contribution in [2.75, 3.05) is 6.26 Å². The van der Waals surface area contributed by atoms with Crippen LogP contribution in [0.25, 0.3) is 0 Å². The Hall–Kier alpha value is -2.20. The topological polar surface area (TPSA) is 107 Å². The van der Waals surface area contributed by atoms with E-state index in [1.54, 1.807) is 36.7 Å². The molecular formula is C14H14BrN3O5S. The quantitative estimate of drug-likeness (QED) is 0.766. The molecule has 1 amide bonds. The van der Waals surface area contributed by atoms with E-state index in [1.165, 1.54) is 6.92 Å². The van der Waals surface area contributed by atoms with Crippen molar-refractivity contribution in [2.24, 2.45) is 0 Å². The van der Waals surface area contributed by atoms with Crippen molar-refractivity contribution >= 4 is 31.9 Å². The van der Waals surface area contributed by atoms with Crippen molar-refractivity contribution in [3.63, 3.8) is 0 Å². The van der Waals surface area contributed by atoms with Crippen LogP contribution < -0.4 is 14.2 Å². The first-order chi connectivity index (χ1) is 11.2. The number of halogens is 1. The molecule has 10 heteroatoms. The monoisotopic (exact) mass is 415 g/mol. The maximum Gasteiger partial charge on any atom is 0.321 e. The van der Waals surface area contributed by atoms with E-state index in [4.69, 9.17) is 9.47 Å². The molecule has 1 aromatic carbocycles. The number of benzene rings is 1. The summed E-state index contributed by atoms with van der Waals surface area (Å²) in [6, 6.07) is 6.58. The molecule has 0 aliphatic carbocycles. The maximum absolute atomic E-state index is 11.6. The van der Waals surface area contributed by atoms with Crippen LogP contribution >= 0.6 is 15.9 Å². The van der Waals surface area contributed by atoms with Crippen LogP contribution in [0, 0.1) is 0 Å². The maximum atomic E-state index is 11.6. The first-order valence-corrected chi connectivity index (χ1v) is 9.35. The molecule has 0 radical (unpaired) electrons. The molecular weight excluding hydrogens is 402 g/mol. The number of hydrogen-bond acceptors (Lipinski definition) is 7. The molecule has 1 aromatic heterocycles. The zero-order valence-electron chi connectivity index (χ0n) is 12.8. The van der Waals surface area contributed by atoms with Crippen LogP contribution in [-0.4, -0.2) is 36.7 Å². The largest absolute Gasteiger partial charge is 0.481 e. The van der Waals surface area contributed by atoms with Crippen LogP contribution in [0.15, 0.2) is 41.1 Å². The van der Waals surface area contributed by atoms with Crippen molar-refractivity contribution in [1.82, 2.24) is 14.7 Å². The highest BCUT2D eigenvalue weighted by molar-refractivity contribution is 9.10. The molecule has 1 heterocycles. The molecule has 0 saturated heterocycles. The summed E-state index contributed by atoms with van der Waals surface area (Å²) in [4.78, 5) is 19.6. The van der Waals surface area contributed by atoms with Crippen molar-refractivity contribution < 1.29 is 22.7 Å². The third-order valence-corrected chi connectivity index (χ3v) is 3.58. The van der Waals surface area contributed by atoms with Crippen molar-refractivity contribution in [2.45, 2.75) is 13.0 Å². The van der Waals surface area contributed by atoms with E-state index >= 15 is 0 Å². The van der Waals surface area contributed by atoms with Gasteiger partial charge in [0.05, 0.1) is 10.7 Å². The van der Waals surface area contributed by atoms with Gasteiger partial charge in [0, 0.05) is 12.4 Å². The number of ether oxygens (including phenoxy) is 2. The van der Waals surface area contributed by atoms with Gasteiger partial charge in [-0.15, -0.1) is 0 Å². The van der Waals surface area contributed by atoms with Gasteiger partial charge in [-0.2, -0.15) is 0 Å². The molecule has 1 atom stereocenters. The predicted octanol–water partition coefficient (Wildman–Crippen LogP) is 1.87. The molecule has 2 rings (SSSR count). The van der Waals surface area contributed by atoms with E-state index in [0.29, 0.717) is 11.5 Å². The summed E-state index contributed by atoms with van der Waals surface area (Å²) in [6.07, 6.45) is 3.04. The normalized spacial score (nSPS) is 12.3. The standard InChI is InChI=1S/C14H14BrN3O5S/c1-9(13(19)18-24(2,20)21)22-11-3-5-12(6-4-11)23-14-16-7-10(15)8-17-14/h3-9H,1-2H3,(H,18,19). The Morgan fingerprint density at radius 1 is 1.17 bits per heavy atom. The number of amides is 1. The Balaban J connectivity index is 1.96. The second-order valence-electron chi connectivity index (χ2n) is 4.76. The molecule has 128 valence electrons. The Labute approximate surface area is 147 Å². The average Bonchev–Trinajstić information content (AvgIpc) is 2.50. The molecule has 0 aliphatic heterocycles. The van der Waals surface area contributed by atoms with Crippen LogP contribution in [0.2, 0.25) is 0 Å². The zero-order valence-corrected chi connectivity index (χ0v) is 15.2. The summed E-state index contributed by atoms with van der Waals surface area (Å²) in [6.45, 7) is 1.45. The Bertz CT molecular complexity index is 809. The second kappa shape index (κ2) is 7.58. The van der Waals surface area contributed by atoms with Gasteiger partial charge in [0.25, 0.3) is 5.91 Å². The van der Waals surface area contributed by atoms with E-state index in [0.717, 1.165) is 10.7 Å². The molecule has 0 bridgehead atoms. The average molecular weight is 416 g/mol. The van der Waals surface area contributed by atoms with Gasteiger partial charge in [0.2, 0.25) is 10.0 Å². The number of carbonyl (C=O) groups excluding carboxylic acids is 1. The van der Waals surface area contributed by atoms with Gasteiger partial charge < -0.3 is 9.47 Å². The lowest BCUT2D eigenvalue weighted by Gasteiger charge is -2.14. The van der Waals surface area contributed by atoms with Crippen molar-refractivity contribution in [1.29, 1.82) is 0 Å². The van der Waals surface area contributed by atoms with E-state index in [2.05, 4.69) is 25.9 Å². The number of rotatable bonds is 6. The summed E-state index contributed by atoms with van der Waals surface area (Å²) in [5.74, 6) is 0.120. The second-order valence-corrected chi connectivity index (χ2v) is 7.42. The minimum Gasteiger partial charge on any atom is -0.481 e. The van der Waals surface area contributed by atoms with Crippen LogP contribution in [-0.2, 0) is 14.8 Å². The van der Waals surface area contributed by atoms with Crippen LogP contribution in [0.5, 0.6) is 17.5 Å². The van der Waals surface area contributed by atoms with E-state index < -0.39 is 22.0 Å². The summed E-state index contributed by atoms with van der Waals surface area (Å²) < 4.78 is 35.4. The molecule has 0 aliphatic rings. The van der Waals surface area contributed by atoms with Crippen LogP contribution in [0.4, 0.5) is 0 Å². The smallest absolute Gasteiger partial charge is 0.321 e. The van der Waals surface area contributed by atoms with Gasteiger partial charge in [-0.05, 0) is 47.1 Å². The number of hydrogen-bond donors (Lipinski definition) is 1. The highest BCUT2D eigenvalue weighted by atomic mass is 79.9. The number of carbonyl (C=O) groups is 1. The minimum atomic E-state index is -3.62. The molecule has 1 N–H and O–H groups in total. The van der Waals surface area contributed by atoms with Crippen molar-refractivity contribution in [3.8, 4) is 17.5 Å². The summed E-state index contributed by atoms with van der Waals surface area (Å²) in [5, 5.41) is 0. The molecule has 0 saturated carbocycles. The summed E-state index contributed by atoms with van der Waals surface area (Å²) >= 11 is 3.23. The predicted molar refractivity (Wildman–Crippen MR) is 89.3 cm³/mol. The van der Waals surface area contributed by atoms with E-state index in [9.17, 15) is 13.2 Å². The molecule has 0 fully saturated rings. The van der Waals surface area contributed by atoms with E-state index in [1.807, 2.05) is 4.72 Å². The lowest BCUT2D eigenvalue weighted by molar-refractivity contribution is -0.125. The number of nitrogens with zero attached hydrogens (tertiary/aromatic N) is 2. The van der Waals surface area contributed by atoms with Crippen LogP contribution in [0.3, 0.4) is 0 Å². The Kier molecular flexibility index (Phi) is 5.73. The fourth-order valence-corrected chi connectivity index (χ4v) is 2.30. The third kappa shape index (κ3) is 5.78. The molecule has 2 aromatic rings. The fraction of sp³-hybridized carbons (Fsp3) is 0.214. The van der Waals surface area contributed by atoms with Gasteiger partial charge in [-0.25, -0.2) is 18.4 Å². The number of aromatic nitrogens is 2. The summed E-state index contributed by atoms with van der Waals surface area (Å²) in [5.41, 5.74) is 0. The third-order valence-electron chi connectivity index (χ3n) is 2.60. The molecule has 0 spiro atoms. The Morgan fingerprint density at radius 3 is 2.25 bits per heavy atom. The lowest BCUT2D eigenvalue weighted by atomic mass is 10.3. The SMILES string of the molecule is CC(Oc1ccc(Oc2ncc(Br)cn2)cc1)C(=O)NS(C)(=O)=O. The van der Waals surface area contributed by atoms with Gasteiger partial charge in [-0.3, -0.25) is 9.52 Å². The lowest BCUT2D eigenvalue weighted by Crippen LogP contribution is -2.39. The first-order valence-electron chi connectivity index (χ1n) is 6.67. The van der Waals surface area contributed by atoms with Gasteiger partial charge in [-0.1, -0.05) is 0 Å². The molecule has 8 nitrogen and oxygen atoms in total. The van der Waals surface area contributed by atoms with Crippen LogP contribution in [0.1, 0.15) is 6.92 Å². The first kappa shape index (κ1) is 18.1. The molecule has 24 heavy (non-hydrogen) atoms. The number of sulfonamides is 1. The highest BCUT2D eigenvalue weighted by Crippen LogP contribution is 2.22. The van der Waals surface area contributed by atoms with Crippen molar-refractivity contribution in [3.05, 3.63) is 41.1 Å². The van der Waals surface area contributed by atoms with Gasteiger partial charge in [0.15, 0.2) is 6.10 Å². The zero-order chi connectivity index (χ0) is 17.7. The van der Waals surface area contributed by atoms with E-state index in [-0.39, 0.29) is 6.01 Å².